The average molecular weight is 238 g/mol. The number of fused-ring (bicyclic) bond motifs is 1. The maximum atomic E-state index is 5.46. The third kappa shape index (κ3) is 2.51. The number of nitrogens with one attached hydrogen (secondary N) is 2. The summed E-state index contributed by atoms with van der Waals surface area (Å²) in [5.74, 6) is 2.66. The summed E-state index contributed by atoms with van der Waals surface area (Å²) in [6, 6.07) is 1.34. The second-order valence-electron chi connectivity index (χ2n) is 6.19. The van der Waals surface area contributed by atoms with Crippen molar-refractivity contribution in [3.05, 3.63) is 0 Å². The van der Waals surface area contributed by atoms with Gasteiger partial charge in [-0.3, -0.25) is 0 Å². The van der Waals surface area contributed by atoms with Crippen molar-refractivity contribution in [3.8, 4) is 0 Å². The van der Waals surface area contributed by atoms with Crippen LogP contribution in [0, 0.1) is 17.8 Å². The number of hydrogen-bond donors (Lipinski definition) is 2. The van der Waals surface area contributed by atoms with E-state index < -0.39 is 0 Å². The SMILES string of the molecule is CC(NCC1NCC2CCCC21)C1CCOC1. The van der Waals surface area contributed by atoms with Crippen molar-refractivity contribution in [1.82, 2.24) is 10.6 Å². The Balaban J connectivity index is 1.44. The molecule has 2 aliphatic heterocycles. The molecule has 2 heterocycles. The van der Waals surface area contributed by atoms with Gasteiger partial charge in [-0.15, -0.1) is 0 Å². The Kier molecular flexibility index (Phi) is 3.69. The molecule has 3 heteroatoms. The van der Waals surface area contributed by atoms with E-state index in [1.54, 1.807) is 0 Å². The van der Waals surface area contributed by atoms with Crippen LogP contribution in [0.25, 0.3) is 0 Å². The smallest absolute Gasteiger partial charge is 0.0509 e. The molecule has 1 saturated carbocycles. The highest BCUT2D eigenvalue weighted by Crippen LogP contribution is 2.37. The van der Waals surface area contributed by atoms with Gasteiger partial charge in [-0.1, -0.05) is 6.42 Å². The van der Waals surface area contributed by atoms with Gasteiger partial charge < -0.3 is 15.4 Å². The first-order valence-electron chi connectivity index (χ1n) is 7.39. The first-order chi connectivity index (χ1) is 8.34. The minimum absolute atomic E-state index is 0.611. The van der Waals surface area contributed by atoms with Gasteiger partial charge in [-0.05, 0) is 50.5 Å². The van der Waals surface area contributed by atoms with Crippen LogP contribution in [0.1, 0.15) is 32.6 Å². The van der Waals surface area contributed by atoms with E-state index in [4.69, 9.17) is 4.74 Å². The fourth-order valence-electron chi connectivity index (χ4n) is 3.95. The molecule has 3 aliphatic rings. The van der Waals surface area contributed by atoms with E-state index in [1.807, 2.05) is 0 Å². The Labute approximate surface area is 105 Å². The second kappa shape index (κ2) is 5.25. The summed E-state index contributed by atoms with van der Waals surface area (Å²) in [4.78, 5) is 0. The van der Waals surface area contributed by atoms with E-state index in [2.05, 4.69) is 17.6 Å². The monoisotopic (exact) mass is 238 g/mol. The summed E-state index contributed by atoms with van der Waals surface area (Å²) in [6.07, 6.45) is 5.60. The maximum Gasteiger partial charge on any atom is 0.0509 e. The molecular weight excluding hydrogens is 212 g/mol. The van der Waals surface area contributed by atoms with Crippen molar-refractivity contribution >= 4 is 0 Å². The fourth-order valence-corrected chi connectivity index (χ4v) is 3.95. The van der Waals surface area contributed by atoms with Gasteiger partial charge in [-0.2, -0.15) is 0 Å². The van der Waals surface area contributed by atoms with E-state index >= 15 is 0 Å². The molecule has 0 spiro atoms. The highest BCUT2D eigenvalue weighted by atomic mass is 16.5. The fraction of sp³-hybridized carbons (Fsp3) is 1.00. The number of ether oxygens (including phenoxy) is 1. The van der Waals surface area contributed by atoms with Gasteiger partial charge in [0.15, 0.2) is 0 Å². The highest BCUT2D eigenvalue weighted by Gasteiger charge is 2.38. The molecule has 3 nitrogen and oxygen atoms in total. The zero-order chi connectivity index (χ0) is 11.7. The van der Waals surface area contributed by atoms with Gasteiger partial charge in [0.25, 0.3) is 0 Å². The minimum atomic E-state index is 0.611. The lowest BCUT2D eigenvalue weighted by Crippen LogP contribution is -2.43. The first-order valence-corrected chi connectivity index (χ1v) is 7.39. The molecule has 0 bridgehead atoms. The molecular formula is C14H26N2O. The van der Waals surface area contributed by atoms with Crippen LogP contribution < -0.4 is 10.6 Å². The number of rotatable bonds is 4. The largest absolute Gasteiger partial charge is 0.381 e. The molecule has 17 heavy (non-hydrogen) atoms. The summed E-state index contributed by atoms with van der Waals surface area (Å²) < 4.78 is 5.46. The lowest BCUT2D eigenvalue weighted by atomic mass is 9.93. The lowest BCUT2D eigenvalue weighted by Gasteiger charge is -2.24. The molecule has 5 unspecified atom stereocenters. The first kappa shape index (κ1) is 11.9. The van der Waals surface area contributed by atoms with Gasteiger partial charge in [-0.25, -0.2) is 0 Å². The Morgan fingerprint density at radius 3 is 3.12 bits per heavy atom. The van der Waals surface area contributed by atoms with E-state index in [0.29, 0.717) is 6.04 Å². The third-order valence-corrected chi connectivity index (χ3v) is 5.21. The zero-order valence-corrected chi connectivity index (χ0v) is 11.0. The average Bonchev–Trinajstić information content (AvgIpc) is 3.03. The quantitative estimate of drug-likeness (QED) is 0.776. The molecule has 0 aromatic heterocycles. The van der Waals surface area contributed by atoms with Crippen molar-refractivity contribution in [2.45, 2.75) is 44.7 Å². The van der Waals surface area contributed by atoms with Crippen LogP contribution in [-0.4, -0.2) is 38.4 Å². The van der Waals surface area contributed by atoms with Crippen molar-refractivity contribution in [2.24, 2.45) is 17.8 Å². The molecule has 0 aromatic carbocycles. The number of hydrogen-bond acceptors (Lipinski definition) is 3. The predicted octanol–water partition coefficient (Wildman–Crippen LogP) is 1.39. The topological polar surface area (TPSA) is 33.3 Å². The van der Waals surface area contributed by atoms with E-state index in [1.165, 1.54) is 32.2 Å². The Bertz CT molecular complexity index is 253. The van der Waals surface area contributed by atoms with Gasteiger partial charge in [0, 0.05) is 25.2 Å². The zero-order valence-electron chi connectivity index (χ0n) is 11.0. The van der Waals surface area contributed by atoms with E-state index in [9.17, 15) is 0 Å². The third-order valence-electron chi connectivity index (χ3n) is 5.21. The molecule has 2 saturated heterocycles. The van der Waals surface area contributed by atoms with Gasteiger partial charge in [0.05, 0.1) is 6.61 Å². The normalized spacial score (nSPS) is 42.9. The maximum absolute atomic E-state index is 5.46. The molecule has 0 amide bonds. The van der Waals surface area contributed by atoms with Gasteiger partial charge >= 0.3 is 0 Å². The van der Waals surface area contributed by atoms with E-state index in [-0.39, 0.29) is 0 Å². The molecule has 98 valence electrons. The summed E-state index contributed by atoms with van der Waals surface area (Å²) in [6.45, 7) is 6.65. The predicted molar refractivity (Wildman–Crippen MR) is 69.0 cm³/mol. The summed E-state index contributed by atoms with van der Waals surface area (Å²) in [5.41, 5.74) is 0. The minimum Gasteiger partial charge on any atom is -0.381 e. The van der Waals surface area contributed by atoms with Crippen molar-refractivity contribution < 1.29 is 4.74 Å². The van der Waals surface area contributed by atoms with Crippen LogP contribution >= 0.6 is 0 Å². The summed E-state index contributed by atoms with van der Waals surface area (Å²) >= 11 is 0. The van der Waals surface area contributed by atoms with E-state index in [0.717, 1.165) is 43.6 Å². The summed E-state index contributed by atoms with van der Waals surface area (Å²) in [7, 11) is 0. The molecule has 0 radical (unpaired) electrons. The van der Waals surface area contributed by atoms with Crippen LogP contribution in [0.4, 0.5) is 0 Å². The van der Waals surface area contributed by atoms with Crippen LogP contribution in [-0.2, 0) is 4.74 Å². The van der Waals surface area contributed by atoms with Crippen molar-refractivity contribution in [3.63, 3.8) is 0 Å². The molecule has 2 N–H and O–H groups in total. The molecule has 0 aromatic rings. The molecule has 3 fully saturated rings. The molecule has 5 atom stereocenters. The second-order valence-corrected chi connectivity index (χ2v) is 6.19. The summed E-state index contributed by atoms with van der Waals surface area (Å²) in [5, 5.41) is 7.45. The van der Waals surface area contributed by atoms with Gasteiger partial charge in [0.2, 0.25) is 0 Å². The highest BCUT2D eigenvalue weighted by molar-refractivity contribution is 4.95. The van der Waals surface area contributed by atoms with Crippen LogP contribution in [0.3, 0.4) is 0 Å². The van der Waals surface area contributed by atoms with Gasteiger partial charge in [0.1, 0.15) is 0 Å². The van der Waals surface area contributed by atoms with Crippen molar-refractivity contribution in [2.75, 3.05) is 26.3 Å². The molecule has 3 rings (SSSR count). The van der Waals surface area contributed by atoms with Crippen LogP contribution in [0.15, 0.2) is 0 Å². The van der Waals surface area contributed by atoms with Crippen LogP contribution in [0.2, 0.25) is 0 Å². The standard InChI is InChI=1S/C14H26N2O/c1-10(12-5-6-17-9-12)15-8-14-13-4-2-3-11(13)7-16-14/h10-16H,2-9H2,1H3. The lowest BCUT2D eigenvalue weighted by molar-refractivity contribution is 0.177. The Hall–Kier alpha value is -0.120. The molecule has 1 aliphatic carbocycles. The van der Waals surface area contributed by atoms with Crippen molar-refractivity contribution in [1.29, 1.82) is 0 Å². The van der Waals surface area contributed by atoms with Crippen LogP contribution in [0.5, 0.6) is 0 Å². The Morgan fingerprint density at radius 2 is 2.29 bits per heavy atom. The Morgan fingerprint density at radius 1 is 1.35 bits per heavy atom.